The lowest BCUT2D eigenvalue weighted by molar-refractivity contribution is -0.766. The van der Waals surface area contributed by atoms with Crippen LogP contribution in [0.1, 0.15) is 52.0 Å². The molecular formula is C42H60N18O25P4+2. The van der Waals surface area contributed by atoms with Crippen molar-refractivity contribution in [2.75, 3.05) is 49.4 Å². The van der Waals surface area contributed by atoms with E-state index >= 15 is 0 Å². The van der Waals surface area contributed by atoms with E-state index in [4.69, 9.17) is 82.9 Å². The number of fused-ring (bicyclic) bond motifs is 2. The fraction of sp³-hybridized carbons (Fsp3) is 0.476. The summed E-state index contributed by atoms with van der Waals surface area (Å²) in [4.78, 5) is 87.1. The number of aromatic nitrogens is 10. The van der Waals surface area contributed by atoms with E-state index in [0.29, 0.717) is 0 Å². The Balaban J connectivity index is 0.000000211. The second-order valence-electron chi connectivity index (χ2n) is 19.9. The first-order valence-corrected chi connectivity index (χ1v) is 31.7. The Bertz CT molecular complexity index is 3800. The topological polar surface area (TPSA) is 680 Å². The molecule has 19 unspecified atom stereocenters. The summed E-state index contributed by atoms with van der Waals surface area (Å²) in [7, 11) is -21.2. The van der Waals surface area contributed by atoms with Crippen molar-refractivity contribution in [2.24, 2.45) is 22.9 Å². The van der Waals surface area contributed by atoms with Gasteiger partial charge in [-0.15, -0.1) is 0 Å². The number of carbonyl (C=O) groups is 2. The van der Waals surface area contributed by atoms with E-state index in [1.807, 2.05) is 0 Å². The van der Waals surface area contributed by atoms with Crippen LogP contribution in [0, 0.1) is 0 Å². The number of aliphatic hydroxyl groups excluding tert-OH is 5. The molecule has 0 bridgehead atoms. The molecule has 6 aromatic heterocycles. The van der Waals surface area contributed by atoms with Gasteiger partial charge in [0.05, 0.1) is 51.2 Å². The van der Waals surface area contributed by atoms with E-state index in [1.54, 1.807) is 0 Å². The zero-order valence-corrected chi connectivity index (χ0v) is 49.0. The van der Waals surface area contributed by atoms with E-state index in [2.05, 4.69) is 38.5 Å². The van der Waals surface area contributed by atoms with Crippen molar-refractivity contribution in [2.45, 2.75) is 98.4 Å². The van der Waals surface area contributed by atoms with Gasteiger partial charge in [-0.2, -0.15) is 37.7 Å². The molecule has 486 valence electrons. The van der Waals surface area contributed by atoms with Crippen LogP contribution in [0.2, 0.25) is 0 Å². The van der Waals surface area contributed by atoms with Gasteiger partial charge in [0, 0.05) is 24.6 Å². The maximum absolute atomic E-state index is 12.5. The summed E-state index contributed by atoms with van der Waals surface area (Å²) in [6.45, 7) is -3.17. The van der Waals surface area contributed by atoms with Crippen molar-refractivity contribution < 1.29 is 128 Å². The monoisotopic (exact) mass is 1340 g/mol. The molecule has 2 amide bonds. The first-order chi connectivity index (χ1) is 41.7. The van der Waals surface area contributed by atoms with Crippen LogP contribution in [0.3, 0.4) is 0 Å². The van der Waals surface area contributed by atoms with Crippen molar-refractivity contribution in [1.82, 2.24) is 39.0 Å². The van der Waals surface area contributed by atoms with Gasteiger partial charge in [-0.1, -0.05) is 0 Å². The number of hydrogen-bond acceptors (Lipinski definition) is 33. The molecule has 10 rings (SSSR count). The van der Waals surface area contributed by atoms with Gasteiger partial charge in [-0.3, -0.25) is 36.8 Å². The lowest BCUT2D eigenvalue weighted by Gasteiger charge is -2.20. The van der Waals surface area contributed by atoms with E-state index < -0.39 is 161 Å². The molecule has 25 N–H and O–H groups in total. The number of ether oxygens (including phenoxy) is 4. The first-order valence-electron chi connectivity index (χ1n) is 25.7. The van der Waals surface area contributed by atoms with Gasteiger partial charge in [-0.05, 0) is 12.1 Å². The Hall–Kier alpha value is -6.38. The zero-order chi connectivity index (χ0) is 64.8. The number of hydrogen-bond donors (Lipinski definition) is 17. The minimum atomic E-state index is -5.35. The number of amides is 2. The predicted octanol–water partition coefficient (Wildman–Crippen LogP) is -5.91. The SMILES string of the molecule is NC(=O)c1ccc[n+](C2OC(COP(=O)(O)OP(=O)(O)OCC3OC(n4cnc5c(N)nc(N)nc54)C(O)C3N)C(O)C2O)c1.NC(=O)c1ccc[n+](C2OC(COP(=O)(O)OP(=O)(O)OCC3OC(n4cnc5c(N)nc(N)nc54)CC3N)C(O)C2O)c1. The van der Waals surface area contributed by atoms with Gasteiger partial charge >= 0.3 is 31.3 Å². The lowest BCUT2D eigenvalue weighted by Crippen LogP contribution is -2.46. The fourth-order valence-corrected chi connectivity index (χ4v) is 13.6. The van der Waals surface area contributed by atoms with Crippen LogP contribution >= 0.6 is 31.3 Å². The van der Waals surface area contributed by atoms with E-state index in [9.17, 15) is 73.0 Å². The highest BCUT2D eigenvalue weighted by atomic mass is 31.3. The van der Waals surface area contributed by atoms with Crippen LogP contribution in [0.4, 0.5) is 23.5 Å². The zero-order valence-electron chi connectivity index (χ0n) is 45.4. The average molecular weight is 1340 g/mol. The van der Waals surface area contributed by atoms with Crippen molar-refractivity contribution in [3.8, 4) is 0 Å². The van der Waals surface area contributed by atoms with Crippen molar-refractivity contribution >= 4 is 89.0 Å². The van der Waals surface area contributed by atoms with Crippen LogP contribution in [-0.2, 0) is 63.9 Å². The van der Waals surface area contributed by atoms with Crippen LogP contribution in [0.5, 0.6) is 0 Å². The Morgan fingerprint density at radius 3 is 1.40 bits per heavy atom. The Kier molecular flexibility index (Phi) is 19.9. The molecule has 0 saturated carbocycles. The van der Waals surface area contributed by atoms with Crippen molar-refractivity contribution in [1.29, 1.82) is 0 Å². The van der Waals surface area contributed by atoms with Gasteiger partial charge in [0.2, 0.25) is 11.9 Å². The molecule has 19 atom stereocenters. The van der Waals surface area contributed by atoms with Gasteiger partial charge < -0.3 is 110 Å². The molecule has 6 aromatic rings. The molecule has 4 fully saturated rings. The number of nitrogens with two attached hydrogens (primary N) is 8. The largest absolute Gasteiger partial charge is 0.481 e. The van der Waals surface area contributed by atoms with Crippen molar-refractivity contribution in [3.63, 3.8) is 0 Å². The number of phosphoric acid groups is 4. The third-order valence-electron chi connectivity index (χ3n) is 13.7. The maximum atomic E-state index is 12.5. The number of carbonyl (C=O) groups excluding carboxylic acids is 2. The van der Waals surface area contributed by atoms with Crippen LogP contribution < -0.4 is 55.0 Å². The van der Waals surface area contributed by atoms with Crippen LogP contribution in [0.15, 0.2) is 61.7 Å². The number of nitrogen functional groups attached to an aromatic ring is 4. The number of aliphatic hydroxyl groups is 5. The quantitative estimate of drug-likeness (QED) is 0.0222. The molecule has 0 radical (unpaired) electrons. The summed E-state index contributed by atoms with van der Waals surface area (Å²) in [5, 5.41) is 52.2. The number of rotatable bonds is 22. The number of phosphoric ester groups is 4. The predicted molar refractivity (Wildman–Crippen MR) is 290 cm³/mol. The minimum absolute atomic E-state index is 0.0270. The first kappa shape index (κ1) is 67.0. The molecule has 47 heteroatoms. The maximum Gasteiger partial charge on any atom is 0.481 e. The highest BCUT2D eigenvalue weighted by Crippen LogP contribution is 2.62. The summed E-state index contributed by atoms with van der Waals surface area (Å²) in [6, 6.07) is 3.80. The van der Waals surface area contributed by atoms with E-state index in [0.717, 1.165) is 0 Å². The molecule has 89 heavy (non-hydrogen) atoms. The normalized spacial score (nSPS) is 30.5. The summed E-state index contributed by atoms with van der Waals surface area (Å²) in [5.41, 5.74) is 46.5. The summed E-state index contributed by atoms with van der Waals surface area (Å²) >= 11 is 0. The van der Waals surface area contributed by atoms with Gasteiger partial charge in [0.1, 0.15) is 65.0 Å². The van der Waals surface area contributed by atoms with E-state index in [1.165, 1.54) is 80.0 Å². The molecule has 4 aliphatic heterocycles. The highest BCUT2D eigenvalue weighted by molar-refractivity contribution is 7.61. The summed E-state index contributed by atoms with van der Waals surface area (Å²) < 4.78 is 105. The molecule has 0 spiro atoms. The minimum Gasteiger partial charge on any atom is -0.387 e. The fourth-order valence-electron chi connectivity index (χ4n) is 9.38. The standard InChI is InChI=1S/C21H29N9O13P2.C21H29N9O12P2/c22-11-9(41-20(14(11)32)30-7-26-12-16(23)27-21(25)28-18(12)30)5-39-44(35,36)43-45(37,38)40-6-10-13(31)15(33)19(42-10)29-3-1-2-8(4-29)17(24)34;22-10-4-13(30-8-26-14-17(23)27-21(25)28-19(14)30)40-11(10)6-38-43(34,35)42-44(36,37)39-7-12-15(31)16(32)20(41-12)29-3-1-2-9(5-29)18(24)33/h1-4,7,9-11,13-15,19-20,31-33H,5-6,22H2,(H7-,23,24,25,27,28,34,35,36,37,38);1-3,5,8,10-13,15-16,20,31-32H,4,6-7,22H2,(H7-,23,24,25,27,28,33,34,35,36,37)/p+2. The average Bonchev–Trinajstić information content (AvgIpc) is 1.73. The molecule has 43 nitrogen and oxygen atoms in total. The number of imidazole rings is 2. The Morgan fingerprint density at radius 2 is 0.966 bits per heavy atom. The summed E-state index contributed by atoms with van der Waals surface area (Å²) in [5.74, 6) is -1.75. The third kappa shape index (κ3) is 15.3. The second-order valence-corrected chi connectivity index (χ2v) is 26.0. The van der Waals surface area contributed by atoms with Gasteiger partial charge in [0.25, 0.3) is 24.3 Å². The lowest BCUT2D eigenvalue weighted by atomic mass is 10.1. The summed E-state index contributed by atoms with van der Waals surface area (Å²) in [6.07, 6.45) is -9.08. The molecule has 0 aliphatic carbocycles. The Labute approximate surface area is 498 Å². The van der Waals surface area contributed by atoms with Gasteiger partial charge in [0.15, 0.2) is 66.2 Å². The van der Waals surface area contributed by atoms with Gasteiger partial charge in [-0.25, -0.2) is 28.2 Å². The van der Waals surface area contributed by atoms with Crippen LogP contribution in [0.25, 0.3) is 22.3 Å². The third-order valence-corrected chi connectivity index (χ3v) is 18.9. The smallest absolute Gasteiger partial charge is 0.387 e. The highest BCUT2D eigenvalue weighted by Gasteiger charge is 2.52. The molecule has 4 aliphatic rings. The molecule has 10 heterocycles. The molecule has 0 aromatic carbocycles. The van der Waals surface area contributed by atoms with Crippen LogP contribution in [-0.4, -0.2) is 189 Å². The second kappa shape index (κ2) is 26.5. The number of nitrogens with zero attached hydrogens (tertiary/aromatic N) is 10. The number of anilines is 4. The number of primary amides is 2. The Morgan fingerprint density at radius 1 is 0.562 bits per heavy atom. The van der Waals surface area contributed by atoms with E-state index in [-0.39, 0.29) is 63.4 Å². The molecular weight excluding hydrogens is 1280 g/mol. The molecule has 4 saturated heterocycles. The van der Waals surface area contributed by atoms with Crippen molar-refractivity contribution in [3.05, 3.63) is 72.8 Å². The number of pyridine rings is 2.